The van der Waals surface area contributed by atoms with Crippen molar-refractivity contribution in [2.45, 2.75) is 13.3 Å². The molecule has 0 fully saturated rings. The Morgan fingerprint density at radius 2 is 1.77 bits per heavy atom. The van der Waals surface area contributed by atoms with E-state index in [9.17, 15) is 0 Å². The van der Waals surface area contributed by atoms with Crippen molar-refractivity contribution < 1.29 is 0 Å². The molecule has 0 spiro atoms. The van der Waals surface area contributed by atoms with Crippen molar-refractivity contribution in [1.29, 1.82) is 0 Å². The quantitative estimate of drug-likeness (QED) is 0.340. The maximum atomic E-state index is 2.45. The van der Waals surface area contributed by atoms with Gasteiger partial charge in [0.05, 0.1) is 0 Å². The van der Waals surface area contributed by atoms with Gasteiger partial charge in [-0.2, -0.15) is 0 Å². The molecule has 0 N–H and O–H groups in total. The van der Waals surface area contributed by atoms with Gasteiger partial charge in [-0.1, -0.05) is 0 Å². The van der Waals surface area contributed by atoms with E-state index in [0.717, 1.165) is 6.42 Å². The molecule has 1 aliphatic carbocycles. The van der Waals surface area contributed by atoms with E-state index in [1.165, 1.54) is 31.1 Å². The van der Waals surface area contributed by atoms with Crippen LogP contribution in [0.4, 0.5) is 0 Å². The Bertz CT molecular complexity index is 1030. The van der Waals surface area contributed by atoms with Crippen LogP contribution in [-0.2, 0) is 0 Å². The van der Waals surface area contributed by atoms with Crippen LogP contribution < -0.4 is 0 Å². The second-order valence-electron chi connectivity index (χ2n) is 5.92. The van der Waals surface area contributed by atoms with Gasteiger partial charge in [-0.05, 0) is 0 Å². The van der Waals surface area contributed by atoms with Crippen LogP contribution in [0.15, 0.2) is 54.6 Å². The zero-order valence-corrected chi connectivity index (χ0v) is 15.4. The predicted molar refractivity (Wildman–Crippen MR) is 100 cm³/mol. The molecular weight excluding hydrogens is 400 g/mol. The first kappa shape index (κ1) is 13.1. The second-order valence-corrected chi connectivity index (χ2v) is 10.3. The number of allylic oxidation sites excluding steroid dienone is 4. The van der Waals surface area contributed by atoms with E-state index in [2.05, 4.69) is 61.5 Å². The first-order valence-corrected chi connectivity index (χ1v) is 10.6. The first-order chi connectivity index (χ1) is 10.8. The third kappa shape index (κ3) is 2.02. The summed E-state index contributed by atoms with van der Waals surface area (Å²) >= 11 is 1.68. The van der Waals surface area contributed by atoms with Gasteiger partial charge in [0.25, 0.3) is 0 Å². The second kappa shape index (κ2) is 4.83. The van der Waals surface area contributed by atoms with E-state index in [1.54, 1.807) is 12.6 Å². The molecule has 2 heterocycles. The van der Waals surface area contributed by atoms with Gasteiger partial charge < -0.3 is 0 Å². The van der Waals surface area contributed by atoms with Gasteiger partial charge in [-0.3, -0.25) is 0 Å². The molecule has 0 saturated heterocycles. The Hall–Kier alpha value is -1.33. The average Bonchev–Trinajstić information content (AvgIpc) is 3.20. The molecule has 0 bridgehead atoms. The Labute approximate surface area is 143 Å². The van der Waals surface area contributed by atoms with Crippen molar-refractivity contribution >= 4 is 67.0 Å². The third-order valence-electron chi connectivity index (χ3n) is 4.32. The van der Waals surface area contributed by atoms with E-state index < -0.39 is 0 Å². The van der Waals surface area contributed by atoms with Gasteiger partial charge in [-0.25, -0.2) is 0 Å². The molecule has 1 aliphatic rings. The molecule has 0 saturated carbocycles. The van der Waals surface area contributed by atoms with Gasteiger partial charge >= 0.3 is 143 Å². The van der Waals surface area contributed by atoms with Crippen LogP contribution >= 0.6 is 11.3 Å². The molecule has 5 rings (SSSR count). The minimum atomic E-state index is -0.214. The molecule has 0 atom stereocenters. The average molecular weight is 414 g/mol. The summed E-state index contributed by atoms with van der Waals surface area (Å²) in [6.07, 6.45) is 7.87. The van der Waals surface area contributed by atoms with E-state index in [4.69, 9.17) is 0 Å². The molecule has 22 heavy (non-hydrogen) atoms. The van der Waals surface area contributed by atoms with Crippen LogP contribution in [0.2, 0.25) is 0 Å². The number of hydrogen-bond donors (Lipinski definition) is 0. The number of fused-ring (bicyclic) bond motifs is 3. The number of thiophene rings is 1. The Balaban J connectivity index is 1.77. The SMILES string of the molecule is Cc1cc2cc3cc4[te]c(C5=CC=CC5)cc4cc3cc2s1. The topological polar surface area (TPSA) is 0 Å². The number of hydrogen-bond acceptors (Lipinski definition) is 1. The normalized spacial score (nSPS) is 14.5. The fourth-order valence-electron chi connectivity index (χ4n) is 3.24. The molecule has 4 aromatic rings. The summed E-state index contributed by atoms with van der Waals surface area (Å²) in [6, 6.07) is 14.3. The molecule has 0 amide bonds. The Morgan fingerprint density at radius 3 is 2.64 bits per heavy atom. The summed E-state index contributed by atoms with van der Waals surface area (Å²) in [5, 5.41) is 5.65. The summed E-state index contributed by atoms with van der Waals surface area (Å²) in [4.78, 5) is 1.40. The molecule has 2 aromatic heterocycles. The van der Waals surface area contributed by atoms with Gasteiger partial charge in [0, 0.05) is 0 Å². The van der Waals surface area contributed by atoms with Gasteiger partial charge in [0.1, 0.15) is 0 Å². The number of aryl methyl sites for hydroxylation is 1. The molecule has 0 nitrogen and oxygen atoms in total. The van der Waals surface area contributed by atoms with Crippen LogP contribution in [-0.4, -0.2) is 20.4 Å². The van der Waals surface area contributed by atoms with Crippen molar-refractivity contribution in [3.8, 4) is 0 Å². The summed E-state index contributed by atoms with van der Waals surface area (Å²) in [5.41, 5.74) is 1.54. The zero-order chi connectivity index (χ0) is 14.7. The van der Waals surface area contributed by atoms with Crippen LogP contribution in [0.3, 0.4) is 0 Å². The van der Waals surface area contributed by atoms with Crippen molar-refractivity contribution in [3.05, 3.63) is 63.1 Å². The Kier molecular flexibility index (Phi) is 2.89. The molecule has 0 radical (unpaired) electrons. The van der Waals surface area contributed by atoms with Gasteiger partial charge in [-0.15, -0.1) is 0 Å². The van der Waals surface area contributed by atoms with Crippen LogP contribution in [0.25, 0.3) is 35.2 Å². The van der Waals surface area contributed by atoms with E-state index in [-0.39, 0.29) is 20.4 Å². The van der Waals surface area contributed by atoms with Gasteiger partial charge in [0.15, 0.2) is 0 Å². The van der Waals surface area contributed by atoms with E-state index in [0.29, 0.717) is 0 Å². The first-order valence-electron chi connectivity index (χ1n) is 7.50. The van der Waals surface area contributed by atoms with Crippen LogP contribution in [0.1, 0.15) is 14.9 Å². The third-order valence-corrected chi connectivity index (χ3v) is 8.68. The molecule has 2 heteroatoms. The zero-order valence-electron chi connectivity index (χ0n) is 12.2. The minimum absolute atomic E-state index is 0.214. The molecular formula is C20H14STe. The fourth-order valence-corrected chi connectivity index (χ4v) is 7.42. The standard InChI is InChI=1S/C20H14STe/c1-12-6-16-7-15-10-20-17(8-14(15)9-18(16)21-12)11-19(22-20)13-4-2-3-5-13/h2-4,6-11H,5H2,1H3. The molecule has 0 aliphatic heterocycles. The van der Waals surface area contributed by atoms with E-state index >= 15 is 0 Å². The van der Waals surface area contributed by atoms with Crippen LogP contribution in [0, 0.1) is 6.92 Å². The van der Waals surface area contributed by atoms with E-state index in [1.807, 2.05) is 11.3 Å². The molecule has 106 valence electrons. The summed E-state index contributed by atoms with van der Waals surface area (Å²) < 4.78 is 4.64. The van der Waals surface area contributed by atoms with Crippen molar-refractivity contribution in [2.24, 2.45) is 0 Å². The summed E-state index contributed by atoms with van der Waals surface area (Å²) in [5.74, 6) is 0. The Morgan fingerprint density at radius 1 is 0.909 bits per heavy atom. The van der Waals surface area contributed by atoms with Crippen molar-refractivity contribution in [1.82, 2.24) is 0 Å². The summed E-state index contributed by atoms with van der Waals surface area (Å²) in [6.45, 7) is 2.19. The number of rotatable bonds is 1. The van der Waals surface area contributed by atoms with Crippen molar-refractivity contribution in [3.63, 3.8) is 0 Å². The van der Waals surface area contributed by atoms with Crippen molar-refractivity contribution in [2.75, 3.05) is 0 Å². The summed E-state index contributed by atoms with van der Waals surface area (Å²) in [7, 11) is 0. The fraction of sp³-hybridized carbons (Fsp3) is 0.100. The van der Waals surface area contributed by atoms with Crippen LogP contribution in [0.5, 0.6) is 0 Å². The molecule has 0 unspecified atom stereocenters. The maximum absolute atomic E-state index is 2.45. The number of benzene rings is 2. The predicted octanol–water partition coefficient (Wildman–Crippen LogP) is 5.92. The molecule has 2 aromatic carbocycles. The van der Waals surface area contributed by atoms with Gasteiger partial charge in [0.2, 0.25) is 0 Å². The monoisotopic (exact) mass is 416 g/mol.